The molecule has 2 aliphatic rings. The van der Waals surface area contributed by atoms with E-state index in [2.05, 4.69) is 10.3 Å². The van der Waals surface area contributed by atoms with Crippen molar-refractivity contribution in [3.8, 4) is 0 Å². The van der Waals surface area contributed by atoms with Gasteiger partial charge in [-0.2, -0.15) is 0 Å². The molecule has 194 valence electrons. The van der Waals surface area contributed by atoms with Crippen molar-refractivity contribution in [2.24, 2.45) is 7.05 Å². The number of rotatable bonds is 3. The molecule has 3 heterocycles. The van der Waals surface area contributed by atoms with Crippen LogP contribution in [-0.4, -0.2) is 56.9 Å². The van der Waals surface area contributed by atoms with Crippen molar-refractivity contribution in [1.29, 1.82) is 0 Å². The first kappa shape index (κ1) is 26.5. The van der Waals surface area contributed by atoms with Crippen molar-refractivity contribution in [3.05, 3.63) is 40.4 Å². The lowest BCUT2D eigenvalue weighted by Crippen LogP contribution is -2.41. The van der Waals surface area contributed by atoms with E-state index in [0.29, 0.717) is 34.8 Å². The SMILES string of the molecule is Cn1c(C(=O)Nc2cccc(B3OC(C)(C)C(C)(C)O3)c2Cl)nc2c1CCN(C(=O)OC(C)(C)C)C2. The van der Waals surface area contributed by atoms with Gasteiger partial charge >= 0.3 is 13.2 Å². The van der Waals surface area contributed by atoms with Crippen LogP contribution in [0.5, 0.6) is 0 Å². The van der Waals surface area contributed by atoms with Gasteiger partial charge in [0.25, 0.3) is 5.91 Å². The van der Waals surface area contributed by atoms with Gasteiger partial charge in [0.05, 0.1) is 34.2 Å². The number of ether oxygens (including phenoxy) is 1. The molecule has 1 aromatic heterocycles. The van der Waals surface area contributed by atoms with Crippen molar-refractivity contribution < 1.29 is 23.6 Å². The van der Waals surface area contributed by atoms with Gasteiger partial charge in [0.2, 0.25) is 0 Å². The maximum atomic E-state index is 13.2. The molecule has 0 spiro atoms. The highest BCUT2D eigenvalue weighted by Crippen LogP contribution is 2.37. The summed E-state index contributed by atoms with van der Waals surface area (Å²) in [5, 5.41) is 3.22. The van der Waals surface area contributed by atoms with E-state index in [0.717, 1.165) is 5.69 Å². The van der Waals surface area contributed by atoms with Gasteiger partial charge in [0.1, 0.15) is 5.60 Å². The van der Waals surface area contributed by atoms with E-state index in [1.807, 2.05) is 54.5 Å². The summed E-state index contributed by atoms with van der Waals surface area (Å²) in [6, 6.07) is 5.34. The van der Waals surface area contributed by atoms with E-state index in [9.17, 15) is 9.59 Å². The van der Waals surface area contributed by atoms with Crippen molar-refractivity contribution in [1.82, 2.24) is 14.5 Å². The normalized spacial score (nSPS) is 18.7. The molecule has 2 aromatic rings. The molecule has 0 unspecified atom stereocenters. The molecule has 1 saturated heterocycles. The van der Waals surface area contributed by atoms with Crippen LogP contribution in [0.2, 0.25) is 5.02 Å². The fourth-order valence-electron chi connectivity index (χ4n) is 4.19. The number of fused-ring (bicyclic) bond motifs is 1. The van der Waals surface area contributed by atoms with E-state index < -0.39 is 35.9 Å². The standard InChI is InChI=1S/C25H34BClN4O5/c1-23(2,3)34-22(33)31-13-12-18-17(14-31)28-20(30(18)8)21(32)29-16-11-9-10-15(19(16)27)26-35-24(4,5)25(6,7)36-26/h9-11H,12-14H2,1-8H3,(H,29,32). The van der Waals surface area contributed by atoms with Crippen LogP contribution in [0.1, 0.15) is 70.5 Å². The zero-order chi connectivity index (χ0) is 26.6. The first-order valence-electron chi connectivity index (χ1n) is 12.1. The van der Waals surface area contributed by atoms with Crippen LogP contribution in [0, 0.1) is 0 Å². The number of benzene rings is 1. The van der Waals surface area contributed by atoms with Crippen LogP contribution in [0.3, 0.4) is 0 Å². The van der Waals surface area contributed by atoms with Gasteiger partial charge in [-0.1, -0.05) is 23.7 Å². The van der Waals surface area contributed by atoms with Crippen molar-refractivity contribution in [3.63, 3.8) is 0 Å². The van der Waals surface area contributed by atoms with E-state index in [4.69, 9.17) is 25.6 Å². The highest BCUT2D eigenvalue weighted by Gasteiger charge is 2.52. The smallest absolute Gasteiger partial charge is 0.444 e. The zero-order valence-corrected chi connectivity index (χ0v) is 22.9. The van der Waals surface area contributed by atoms with E-state index in [1.165, 1.54) is 0 Å². The molecule has 0 saturated carbocycles. The number of aromatic nitrogens is 2. The summed E-state index contributed by atoms with van der Waals surface area (Å²) in [4.78, 5) is 31.9. The second kappa shape index (κ2) is 9.08. The third-order valence-electron chi connectivity index (χ3n) is 6.89. The minimum absolute atomic E-state index is 0.239. The van der Waals surface area contributed by atoms with E-state index in [-0.39, 0.29) is 12.4 Å². The van der Waals surface area contributed by atoms with Crippen LogP contribution in [0.25, 0.3) is 0 Å². The molecule has 1 aromatic carbocycles. The Morgan fingerprint density at radius 2 is 1.81 bits per heavy atom. The summed E-state index contributed by atoms with van der Waals surface area (Å²) >= 11 is 6.69. The van der Waals surface area contributed by atoms with Crippen LogP contribution in [0.4, 0.5) is 10.5 Å². The lowest BCUT2D eigenvalue weighted by atomic mass is 9.79. The van der Waals surface area contributed by atoms with Crippen LogP contribution in [0.15, 0.2) is 18.2 Å². The molecule has 2 aliphatic heterocycles. The summed E-state index contributed by atoms with van der Waals surface area (Å²) in [6.45, 7) is 14.1. The predicted molar refractivity (Wildman–Crippen MR) is 139 cm³/mol. The van der Waals surface area contributed by atoms with Crippen molar-refractivity contribution in [2.75, 3.05) is 11.9 Å². The number of anilines is 1. The Morgan fingerprint density at radius 1 is 1.17 bits per heavy atom. The lowest BCUT2D eigenvalue weighted by molar-refractivity contribution is 0.00578. The second-order valence-corrected chi connectivity index (χ2v) is 11.7. The molecule has 36 heavy (non-hydrogen) atoms. The Balaban J connectivity index is 1.52. The van der Waals surface area contributed by atoms with Gasteiger partial charge in [-0.05, 0) is 54.5 Å². The number of hydrogen-bond acceptors (Lipinski definition) is 6. The Hall–Kier alpha value is -2.56. The van der Waals surface area contributed by atoms with Gasteiger partial charge in [0.15, 0.2) is 5.82 Å². The third-order valence-corrected chi connectivity index (χ3v) is 7.32. The molecule has 1 fully saturated rings. The minimum Gasteiger partial charge on any atom is -0.444 e. The number of imidazole rings is 1. The number of hydrogen-bond donors (Lipinski definition) is 1. The summed E-state index contributed by atoms with van der Waals surface area (Å²) < 4.78 is 19.5. The highest BCUT2D eigenvalue weighted by atomic mass is 35.5. The molecule has 0 radical (unpaired) electrons. The molecule has 11 heteroatoms. The predicted octanol–water partition coefficient (Wildman–Crippen LogP) is 3.92. The molecular formula is C25H34BClN4O5. The number of nitrogens with zero attached hydrogens (tertiary/aromatic N) is 3. The highest BCUT2D eigenvalue weighted by molar-refractivity contribution is 6.66. The molecule has 9 nitrogen and oxygen atoms in total. The molecule has 2 amide bonds. The van der Waals surface area contributed by atoms with Gasteiger partial charge in [-0.15, -0.1) is 0 Å². The monoisotopic (exact) mass is 516 g/mol. The number of halogens is 1. The van der Waals surface area contributed by atoms with Crippen molar-refractivity contribution in [2.45, 2.75) is 78.2 Å². The van der Waals surface area contributed by atoms with E-state index in [1.54, 1.807) is 28.6 Å². The minimum atomic E-state index is -0.654. The number of nitrogens with one attached hydrogen (secondary N) is 1. The average Bonchev–Trinajstić information content (AvgIpc) is 3.20. The molecule has 0 bridgehead atoms. The molecular weight excluding hydrogens is 483 g/mol. The Labute approximate surface area is 217 Å². The number of amides is 2. The van der Waals surface area contributed by atoms with Gasteiger partial charge in [-0.3, -0.25) is 4.79 Å². The average molecular weight is 517 g/mol. The molecule has 0 atom stereocenters. The van der Waals surface area contributed by atoms with Crippen LogP contribution >= 0.6 is 11.6 Å². The Kier molecular flexibility index (Phi) is 6.68. The van der Waals surface area contributed by atoms with Gasteiger partial charge in [0, 0.05) is 31.2 Å². The van der Waals surface area contributed by atoms with Crippen LogP contribution in [-0.2, 0) is 34.1 Å². The fourth-order valence-corrected chi connectivity index (χ4v) is 4.45. The maximum Gasteiger partial charge on any atom is 0.496 e. The molecule has 0 aliphatic carbocycles. The quantitative estimate of drug-likeness (QED) is 0.622. The fraction of sp³-hybridized carbons (Fsp3) is 0.560. The lowest BCUT2D eigenvalue weighted by Gasteiger charge is -2.32. The topological polar surface area (TPSA) is 94.9 Å². The number of carbonyl (C=O) groups excluding carboxylic acids is 2. The molecule has 1 N–H and O–H groups in total. The van der Waals surface area contributed by atoms with Crippen LogP contribution < -0.4 is 10.8 Å². The zero-order valence-electron chi connectivity index (χ0n) is 22.2. The summed E-state index contributed by atoms with van der Waals surface area (Å²) in [6.07, 6.45) is 0.180. The first-order chi connectivity index (χ1) is 16.6. The van der Waals surface area contributed by atoms with Crippen molar-refractivity contribution >= 4 is 41.9 Å². The summed E-state index contributed by atoms with van der Waals surface area (Å²) in [7, 11) is 1.14. The van der Waals surface area contributed by atoms with Gasteiger partial charge in [-0.25, -0.2) is 9.78 Å². The second-order valence-electron chi connectivity index (χ2n) is 11.3. The Bertz CT molecular complexity index is 1190. The van der Waals surface area contributed by atoms with E-state index >= 15 is 0 Å². The summed E-state index contributed by atoms with van der Waals surface area (Å²) in [5.74, 6) is -0.160. The Morgan fingerprint density at radius 3 is 2.42 bits per heavy atom. The maximum absolute atomic E-state index is 13.2. The third kappa shape index (κ3) is 4.99. The molecule has 4 rings (SSSR count). The number of carbonyl (C=O) groups is 2. The first-order valence-corrected chi connectivity index (χ1v) is 12.5. The summed E-state index contributed by atoms with van der Waals surface area (Å²) in [5.41, 5.74) is 1.05. The largest absolute Gasteiger partial charge is 0.496 e. The van der Waals surface area contributed by atoms with Gasteiger partial charge < -0.3 is 28.8 Å².